The third-order valence-electron chi connectivity index (χ3n) is 1.94. The van der Waals surface area contributed by atoms with Crippen molar-refractivity contribution >= 4 is 17.3 Å². The predicted molar refractivity (Wildman–Crippen MR) is 65.6 cm³/mol. The average molecular weight is 246 g/mol. The molecular weight excluding hydrogens is 229 g/mol. The van der Waals surface area contributed by atoms with Crippen molar-refractivity contribution in [2.45, 2.75) is 13.8 Å². The maximum Gasteiger partial charge on any atom is 0.146 e. The van der Waals surface area contributed by atoms with Crippen LogP contribution in [0.15, 0.2) is 18.2 Å². The number of hydrogen-bond acceptors (Lipinski definition) is 2. The number of ether oxygens (including phenoxy) is 1. The van der Waals surface area contributed by atoms with E-state index in [0.29, 0.717) is 29.8 Å². The van der Waals surface area contributed by atoms with Crippen LogP contribution in [0.4, 0.5) is 10.1 Å². The summed E-state index contributed by atoms with van der Waals surface area (Å²) in [5, 5.41) is 3.46. The van der Waals surface area contributed by atoms with Crippen LogP contribution >= 0.6 is 11.6 Å². The van der Waals surface area contributed by atoms with Crippen LogP contribution in [0.2, 0.25) is 5.02 Å². The van der Waals surface area contributed by atoms with Crippen molar-refractivity contribution in [1.82, 2.24) is 0 Å². The SMILES string of the molecule is CC(C)COCCNc1cc(Cl)ccc1F. The second-order valence-corrected chi connectivity index (χ2v) is 4.46. The first kappa shape index (κ1) is 13.3. The smallest absolute Gasteiger partial charge is 0.146 e. The van der Waals surface area contributed by atoms with Crippen molar-refractivity contribution in [2.75, 3.05) is 25.1 Å². The van der Waals surface area contributed by atoms with Gasteiger partial charge >= 0.3 is 0 Å². The molecule has 0 amide bonds. The number of hydrogen-bond donors (Lipinski definition) is 1. The molecule has 0 bridgehead atoms. The number of nitrogens with one attached hydrogen (secondary N) is 1. The summed E-state index contributed by atoms with van der Waals surface area (Å²) in [4.78, 5) is 0. The molecule has 0 aliphatic rings. The number of halogens is 2. The van der Waals surface area contributed by atoms with E-state index < -0.39 is 0 Å². The van der Waals surface area contributed by atoms with E-state index in [4.69, 9.17) is 16.3 Å². The van der Waals surface area contributed by atoms with Gasteiger partial charge in [0, 0.05) is 18.2 Å². The van der Waals surface area contributed by atoms with Gasteiger partial charge in [-0.2, -0.15) is 0 Å². The molecule has 1 aromatic rings. The lowest BCUT2D eigenvalue weighted by atomic mass is 10.2. The molecule has 0 radical (unpaired) electrons. The van der Waals surface area contributed by atoms with Crippen molar-refractivity contribution in [3.63, 3.8) is 0 Å². The van der Waals surface area contributed by atoms with Crippen molar-refractivity contribution < 1.29 is 9.13 Å². The second-order valence-electron chi connectivity index (χ2n) is 4.02. The molecule has 0 unspecified atom stereocenters. The van der Waals surface area contributed by atoms with Crippen LogP contribution < -0.4 is 5.32 Å². The van der Waals surface area contributed by atoms with Gasteiger partial charge in [-0.25, -0.2) is 4.39 Å². The van der Waals surface area contributed by atoms with Gasteiger partial charge in [-0.15, -0.1) is 0 Å². The van der Waals surface area contributed by atoms with Crippen LogP contribution in [0.25, 0.3) is 0 Å². The molecule has 1 aromatic carbocycles. The molecule has 16 heavy (non-hydrogen) atoms. The molecule has 0 spiro atoms. The molecule has 4 heteroatoms. The van der Waals surface area contributed by atoms with Gasteiger partial charge in [0.2, 0.25) is 0 Å². The minimum atomic E-state index is -0.298. The summed E-state index contributed by atoms with van der Waals surface area (Å²) in [7, 11) is 0. The summed E-state index contributed by atoms with van der Waals surface area (Å²) in [6.07, 6.45) is 0. The first-order chi connectivity index (χ1) is 7.59. The van der Waals surface area contributed by atoms with Gasteiger partial charge in [-0.3, -0.25) is 0 Å². The molecule has 2 nitrogen and oxygen atoms in total. The van der Waals surface area contributed by atoms with Crippen molar-refractivity contribution in [1.29, 1.82) is 0 Å². The minimum absolute atomic E-state index is 0.298. The molecule has 0 aliphatic heterocycles. The quantitative estimate of drug-likeness (QED) is 0.774. The van der Waals surface area contributed by atoms with E-state index in [1.54, 1.807) is 6.07 Å². The van der Waals surface area contributed by atoms with Crippen molar-refractivity contribution in [2.24, 2.45) is 5.92 Å². The lowest BCUT2D eigenvalue weighted by molar-refractivity contribution is 0.118. The third kappa shape index (κ3) is 4.81. The zero-order valence-electron chi connectivity index (χ0n) is 9.59. The van der Waals surface area contributed by atoms with Gasteiger partial charge in [0.05, 0.1) is 12.3 Å². The molecule has 0 saturated carbocycles. The van der Waals surface area contributed by atoms with Gasteiger partial charge < -0.3 is 10.1 Å². The van der Waals surface area contributed by atoms with E-state index in [2.05, 4.69) is 19.2 Å². The fourth-order valence-corrected chi connectivity index (χ4v) is 1.38. The Morgan fingerprint density at radius 3 is 2.88 bits per heavy atom. The monoisotopic (exact) mass is 245 g/mol. The second kappa shape index (κ2) is 6.71. The number of benzene rings is 1. The third-order valence-corrected chi connectivity index (χ3v) is 2.18. The Hall–Kier alpha value is -0.800. The summed E-state index contributed by atoms with van der Waals surface area (Å²) in [6.45, 7) is 6.03. The van der Waals surface area contributed by atoms with Crippen LogP contribution in [-0.4, -0.2) is 19.8 Å². The average Bonchev–Trinajstić information content (AvgIpc) is 2.22. The molecule has 1 N–H and O–H groups in total. The Morgan fingerprint density at radius 2 is 2.19 bits per heavy atom. The highest BCUT2D eigenvalue weighted by Crippen LogP contribution is 2.18. The molecule has 0 aliphatic carbocycles. The zero-order chi connectivity index (χ0) is 12.0. The van der Waals surface area contributed by atoms with Gasteiger partial charge in [0.25, 0.3) is 0 Å². The van der Waals surface area contributed by atoms with E-state index in [9.17, 15) is 4.39 Å². The fraction of sp³-hybridized carbons (Fsp3) is 0.500. The van der Waals surface area contributed by atoms with Gasteiger partial charge in [-0.05, 0) is 24.1 Å². The number of rotatable bonds is 6. The molecule has 0 atom stereocenters. The highest BCUT2D eigenvalue weighted by atomic mass is 35.5. The Kier molecular flexibility index (Phi) is 5.56. The van der Waals surface area contributed by atoms with Crippen molar-refractivity contribution in [3.05, 3.63) is 29.0 Å². The molecular formula is C12H17ClFNO. The molecule has 0 fully saturated rings. The zero-order valence-corrected chi connectivity index (χ0v) is 10.4. The summed E-state index contributed by atoms with van der Waals surface area (Å²) >= 11 is 5.76. The first-order valence-corrected chi connectivity index (χ1v) is 5.74. The van der Waals surface area contributed by atoms with Crippen molar-refractivity contribution in [3.8, 4) is 0 Å². The largest absolute Gasteiger partial charge is 0.380 e. The normalized spacial score (nSPS) is 10.8. The van der Waals surface area contributed by atoms with Crippen LogP contribution in [-0.2, 0) is 4.74 Å². The maximum absolute atomic E-state index is 13.2. The van der Waals surface area contributed by atoms with Gasteiger partial charge in [0.1, 0.15) is 5.82 Å². The highest BCUT2D eigenvalue weighted by molar-refractivity contribution is 6.30. The summed E-state index contributed by atoms with van der Waals surface area (Å²) in [5.41, 5.74) is 0.417. The Morgan fingerprint density at radius 1 is 1.44 bits per heavy atom. The predicted octanol–water partition coefficient (Wildman–Crippen LogP) is 3.56. The van der Waals surface area contributed by atoms with E-state index >= 15 is 0 Å². The van der Waals surface area contributed by atoms with E-state index in [0.717, 1.165) is 6.61 Å². The molecule has 0 aromatic heterocycles. The topological polar surface area (TPSA) is 21.3 Å². The van der Waals surface area contributed by atoms with Crippen LogP contribution in [0.1, 0.15) is 13.8 Å². The summed E-state index contributed by atoms with van der Waals surface area (Å²) in [5.74, 6) is 0.219. The Labute approximate surface area is 101 Å². The van der Waals surface area contributed by atoms with Gasteiger partial charge in [-0.1, -0.05) is 25.4 Å². The lowest BCUT2D eigenvalue weighted by Gasteiger charge is -2.09. The Bertz CT molecular complexity index is 331. The standard InChI is InChI=1S/C12H17ClFNO/c1-9(2)8-16-6-5-15-12-7-10(13)3-4-11(12)14/h3-4,7,9,15H,5-6,8H2,1-2H3. The lowest BCUT2D eigenvalue weighted by Crippen LogP contribution is -2.12. The molecule has 1 rings (SSSR count). The summed E-state index contributed by atoms with van der Waals surface area (Å²) < 4.78 is 18.6. The van der Waals surface area contributed by atoms with Gasteiger partial charge in [0.15, 0.2) is 0 Å². The van der Waals surface area contributed by atoms with Crippen LogP contribution in [0.5, 0.6) is 0 Å². The first-order valence-electron chi connectivity index (χ1n) is 5.36. The summed E-state index contributed by atoms with van der Waals surface area (Å²) in [6, 6.07) is 4.44. The molecule has 0 saturated heterocycles. The van der Waals surface area contributed by atoms with E-state index in [-0.39, 0.29) is 5.82 Å². The fourth-order valence-electron chi connectivity index (χ4n) is 1.21. The maximum atomic E-state index is 13.2. The van der Waals surface area contributed by atoms with E-state index in [1.165, 1.54) is 12.1 Å². The molecule has 90 valence electrons. The van der Waals surface area contributed by atoms with E-state index in [1.807, 2.05) is 0 Å². The molecule has 0 heterocycles. The minimum Gasteiger partial charge on any atom is -0.380 e. The Balaban J connectivity index is 2.29. The number of anilines is 1. The highest BCUT2D eigenvalue weighted by Gasteiger charge is 2.01. The van der Waals surface area contributed by atoms with Crippen LogP contribution in [0.3, 0.4) is 0 Å². The van der Waals surface area contributed by atoms with Crippen LogP contribution in [0, 0.1) is 11.7 Å².